The molecule has 0 unspecified atom stereocenters. The summed E-state index contributed by atoms with van der Waals surface area (Å²) in [6, 6.07) is 6.01. The van der Waals surface area contributed by atoms with Crippen molar-refractivity contribution >= 4 is 15.7 Å². The molecule has 1 aliphatic heterocycles. The van der Waals surface area contributed by atoms with Gasteiger partial charge in [0.05, 0.1) is 4.90 Å². The Kier molecular flexibility index (Phi) is 2.43. The van der Waals surface area contributed by atoms with Gasteiger partial charge in [-0.1, -0.05) is 6.07 Å². The molecule has 1 saturated heterocycles. The molecule has 0 radical (unpaired) electrons. The quantitative estimate of drug-likeness (QED) is 0.789. The molecule has 0 spiro atoms. The highest BCUT2D eigenvalue weighted by Gasteiger charge is 2.45. The lowest BCUT2D eigenvalue weighted by molar-refractivity contribution is 0.0397. The van der Waals surface area contributed by atoms with E-state index >= 15 is 0 Å². The Labute approximate surface area is 93.9 Å². The number of anilines is 1. The van der Waals surface area contributed by atoms with E-state index in [9.17, 15) is 12.8 Å². The van der Waals surface area contributed by atoms with Crippen LogP contribution in [-0.4, -0.2) is 31.5 Å². The van der Waals surface area contributed by atoms with Crippen molar-refractivity contribution < 1.29 is 12.8 Å². The largest absolute Gasteiger partial charge is 0.399 e. The summed E-state index contributed by atoms with van der Waals surface area (Å²) in [7, 11) is -3.58. The zero-order chi connectivity index (χ0) is 12.0. The molecular formula is C10H13FN2O2S. The molecule has 1 aromatic carbocycles. The first-order chi connectivity index (χ1) is 7.31. The average molecular weight is 244 g/mol. The van der Waals surface area contributed by atoms with Gasteiger partial charge in [0.25, 0.3) is 0 Å². The summed E-state index contributed by atoms with van der Waals surface area (Å²) < 4.78 is 38.3. The van der Waals surface area contributed by atoms with Gasteiger partial charge >= 0.3 is 0 Å². The van der Waals surface area contributed by atoms with Crippen molar-refractivity contribution in [3.8, 4) is 0 Å². The van der Waals surface area contributed by atoms with Crippen LogP contribution in [0.3, 0.4) is 0 Å². The highest BCUT2D eigenvalue weighted by Crippen LogP contribution is 2.30. The van der Waals surface area contributed by atoms with Gasteiger partial charge in [-0.3, -0.25) is 0 Å². The van der Waals surface area contributed by atoms with E-state index in [0.29, 0.717) is 5.69 Å². The number of halogens is 1. The van der Waals surface area contributed by atoms with E-state index in [4.69, 9.17) is 5.73 Å². The predicted octanol–water partition coefficient (Wildman–Crippen LogP) is 1.00. The summed E-state index contributed by atoms with van der Waals surface area (Å²) in [6.07, 6.45) is 0. The second-order valence-corrected chi connectivity index (χ2v) is 6.20. The molecule has 1 heterocycles. The summed E-state index contributed by atoms with van der Waals surface area (Å²) in [5, 5.41) is 0. The minimum atomic E-state index is -3.58. The van der Waals surface area contributed by atoms with Crippen LogP contribution in [0.25, 0.3) is 0 Å². The number of nitrogens with two attached hydrogens (primary N) is 1. The van der Waals surface area contributed by atoms with E-state index in [2.05, 4.69) is 0 Å². The van der Waals surface area contributed by atoms with Crippen LogP contribution in [0.4, 0.5) is 10.1 Å². The van der Waals surface area contributed by atoms with E-state index in [1.807, 2.05) is 0 Å². The van der Waals surface area contributed by atoms with Gasteiger partial charge < -0.3 is 5.73 Å². The SMILES string of the molecule is CC1(F)CN(S(=O)(=O)c2cccc(N)c2)C1. The van der Waals surface area contributed by atoms with E-state index in [0.717, 1.165) is 4.31 Å². The van der Waals surface area contributed by atoms with Crippen molar-refractivity contribution in [2.45, 2.75) is 17.5 Å². The van der Waals surface area contributed by atoms with Gasteiger partial charge in [-0.15, -0.1) is 0 Å². The number of sulfonamides is 1. The molecule has 2 rings (SSSR count). The first-order valence-electron chi connectivity index (χ1n) is 4.86. The maximum atomic E-state index is 13.2. The summed E-state index contributed by atoms with van der Waals surface area (Å²) in [6.45, 7) is 1.20. The summed E-state index contributed by atoms with van der Waals surface area (Å²) in [5.74, 6) is 0. The number of rotatable bonds is 2. The van der Waals surface area contributed by atoms with Gasteiger partial charge in [0.1, 0.15) is 5.67 Å². The molecule has 0 amide bonds. The second kappa shape index (κ2) is 3.43. The molecule has 0 saturated carbocycles. The molecule has 16 heavy (non-hydrogen) atoms. The molecule has 2 N–H and O–H groups in total. The average Bonchev–Trinajstić information content (AvgIpc) is 2.14. The van der Waals surface area contributed by atoms with Crippen molar-refractivity contribution in [1.29, 1.82) is 0 Å². The maximum absolute atomic E-state index is 13.2. The first-order valence-corrected chi connectivity index (χ1v) is 6.30. The fourth-order valence-corrected chi connectivity index (χ4v) is 3.40. The molecule has 6 heteroatoms. The fourth-order valence-electron chi connectivity index (χ4n) is 1.68. The number of benzene rings is 1. The Morgan fingerprint density at radius 3 is 2.56 bits per heavy atom. The molecule has 0 bridgehead atoms. The lowest BCUT2D eigenvalue weighted by Crippen LogP contribution is -2.58. The maximum Gasteiger partial charge on any atom is 0.243 e. The van der Waals surface area contributed by atoms with Gasteiger partial charge in [0.2, 0.25) is 10.0 Å². The van der Waals surface area contributed by atoms with Crippen molar-refractivity contribution in [2.24, 2.45) is 0 Å². The van der Waals surface area contributed by atoms with Crippen LogP contribution in [0.1, 0.15) is 6.92 Å². The van der Waals surface area contributed by atoms with Gasteiger partial charge in [-0.05, 0) is 25.1 Å². The summed E-state index contributed by atoms with van der Waals surface area (Å²) in [4.78, 5) is 0.114. The smallest absolute Gasteiger partial charge is 0.243 e. The number of hydrogen-bond acceptors (Lipinski definition) is 3. The van der Waals surface area contributed by atoms with Gasteiger partial charge in [-0.25, -0.2) is 12.8 Å². The molecule has 1 aromatic rings. The van der Waals surface area contributed by atoms with Crippen LogP contribution >= 0.6 is 0 Å². The Morgan fingerprint density at radius 2 is 2.06 bits per heavy atom. The third-order valence-electron chi connectivity index (χ3n) is 2.51. The summed E-state index contributed by atoms with van der Waals surface area (Å²) >= 11 is 0. The monoisotopic (exact) mass is 244 g/mol. The molecular weight excluding hydrogens is 231 g/mol. The predicted molar refractivity (Wildman–Crippen MR) is 59.1 cm³/mol. The zero-order valence-corrected chi connectivity index (χ0v) is 9.67. The Balaban J connectivity index is 2.28. The molecule has 4 nitrogen and oxygen atoms in total. The van der Waals surface area contributed by atoms with Crippen LogP contribution < -0.4 is 5.73 Å². The normalized spacial score (nSPS) is 20.4. The van der Waals surface area contributed by atoms with Gasteiger partial charge in [-0.2, -0.15) is 4.31 Å². The summed E-state index contributed by atoms with van der Waals surface area (Å²) in [5.41, 5.74) is 4.48. The minimum Gasteiger partial charge on any atom is -0.399 e. The molecule has 0 aliphatic carbocycles. The van der Waals surface area contributed by atoms with E-state index in [-0.39, 0.29) is 18.0 Å². The zero-order valence-electron chi connectivity index (χ0n) is 8.85. The Bertz CT molecular complexity index is 505. The van der Waals surface area contributed by atoms with E-state index in [1.54, 1.807) is 12.1 Å². The van der Waals surface area contributed by atoms with E-state index < -0.39 is 15.7 Å². The first kappa shape index (κ1) is 11.3. The highest BCUT2D eigenvalue weighted by molar-refractivity contribution is 7.89. The molecule has 1 fully saturated rings. The van der Waals surface area contributed by atoms with Crippen molar-refractivity contribution in [1.82, 2.24) is 4.31 Å². The van der Waals surface area contributed by atoms with Crippen LogP contribution in [0, 0.1) is 0 Å². The number of nitrogen functional groups attached to an aromatic ring is 1. The van der Waals surface area contributed by atoms with Crippen LogP contribution in [0.15, 0.2) is 29.2 Å². The standard InChI is InChI=1S/C10H13FN2O2S/c1-10(11)6-13(7-10)16(14,15)9-4-2-3-8(12)5-9/h2-5H,6-7,12H2,1H3. The topological polar surface area (TPSA) is 63.4 Å². The molecule has 1 aliphatic rings. The molecule has 0 aromatic heterocycles. The van der Waals surface area contributed by atoms with Crippen LogP contribution in [0.5, 0.6) is 0 Å². The Morgan fingerprint density at radius 1 is 1.44 bits per heavy atom. The number of alkyl halides is 1. The number of nitrogens with zero attached hydrogens (tertiary/aromatic N) is 1. The van der Waals surface area contributed by atoms with Gasteiger partial charge in [0.15, 0.2) is 0 Å². The second-order valence-electron chi connectivity index (χ2n) is 4.26. The van der Waals surface area contributed by atoms with Crippen molar-refractivity contribution in [3.63, 3.8) is 0 Å². The lowest BCUT2D eigenvalue weighted by Gasteiger charge is -2.40. The van der Waals surface area contributed by atoms with Crippen LogP contribution in [0.2, 0.25) is 0 Å². The minimum absolute atomic E-state index is 0.0931. The molecule has 0 atom stereocenters. The van der Waals surface area contributed by atoms with Crippen molar-refractivity contribution in [2.75, 3.05) is 18.8 Å². The van der Waals surface area contributed by atoms with Gasteiger partial charge in [0, 0.05) is 18.8 Å². The lowest BCUT2D eigenvalue weighted by atomic mass is 10.0. The highest BCUT2D eigenvalue weighted by atomic mass is 32.2. The van der Waals surface area contributed by atoms with Crippen LogP contribution in [-0.2, 0) is 10.0 Å². The van der Waals surface area contributed by atoms with E-state index in [1.165, 1.54) is 19.1 Å². The Hall–Kier alpha value is -1.14. The third-order valence-corrected chi connectivity index (χ3v) is 4.30. The third kappa shape index (κ3) is 1.90. The molecule has 88 valence electrons. The number of hydrogen-bond donors (Lipinski definition) is 1. The fraction of sp³-hybridized carbons (Fsp3) is 0.400. The van der Waals surface area contributed by atoms with Crippen molar-refractivity contribution in [3.05, 3.63) is 24.3 Å².